The Morgan fingerprint density at radius 3 is 2.57 bits per heavy atom. The average molecular weight is 224 g/mol. The lowest BCUT2D eigenvalue weighted by molar-refractivity contribution is 0.415. The third-order valence-electron chi connectivity index (χ3n) is 1.80. The van der Waals surface area contributed by atoms with Gasteiger partial charge >= 0.3 is 0 Å². The number of aromatic amines is 1. The largest absolute Gasteiger partial charge is 0.497 e. The van der Waals surface area contributed by atoms with E-state index in [9.17, 15) is 0 Å². The van der Waals surface area contributed by atoms with Crippen LogP contribution in [0.3, 0.4) is 0 Å². The van der Waals surface area contributed by atoms with Crippen LogP contribution in [0.1, 0.15) is 0 Å². The molecule has 14 heavy (non-hydrogen) atoms. The molecule has 3 nitrogen and oxygen atoms in total. The maximum Gasteiger partial charge on any atom is 0.198 e. The Morgan fingerprint density at radius 2 is 2.07 bits per heavy atom. The maximum absolute atomic E-state index is 5.06. The van der Waals surface area contributed by atoms with Crippen molar-refractivity contribution in [3.8, 4) is 17.1 Å². The second-order valence-electron chi connectivity index (χ2n) is 2.66. The third kappa shape index (κ3) is 1.83. The van der Waals surface area contributed by atoms with Crippen LogP contribution in [0.5, 0.6) is 5.75 Å². The molecule has 0 aliphatic heterocycles. The van der Waals surface area contributed by atoms with Gasteiger partial charge in [-0.05, 0) is 48.0 Å². The molecule has 0 radical (unpaired) electrons. The number of nitrogens with one attached hydrogen (secondary N) is 1. The highest BCUT2D eigenvalue weighted by atomic mass is 32.2. The second kappa shape index (κ2) is 3.89. The van der Waals surface area contributed by atoms with Crippen LogP contribution in [-0.4, -0.2) is 16.5 Å². The molecule has 1 aromatic heterocycles. The summed E-state index contributed by atoms with van der Waals surface area (Å²) >= 11 is 6.29. The molecule has 1 heterocycles. The van der Waals surface area contributed by atoms with Crippen LogP contribution < -0.4 is 4.74 Å². The molecule has 2 aromatic rings. The molecule has 0 saturated carbocycles. The number of ether oxygens (including phenoxy) is 1. The zero-order chi connectivity index (χ0) is 9.97. The van der Waals surface area contributed by atoms with Gasteiger partial charge in [0, 0.05) is 5.56 Å². The van der Waals surface area contributed by atoms with Crippen molar-refractivity contribution in [2.75, 3.05) is 7.11 Å². The lowest BCUT2D eigenvalue weighted by atomic mass is 10.2. The average Bonchev–Trinajstić information content (AvgIpc) is 2.65. The zero-order valence-electron chi connectivity index (χ0n) is 7.48. The van der Waals surface area contributed by atoms with E-state index < -0.39 is 0 Å². The molecule has 0 unspecified atom stereocenters. The monoisotopic (exact) mass is 224 g/mol. The number of aromatic nitrogens is 2. The first-order chi connectivity index (χ1) is 6.79. The van der Waals surface area contributed by atoms with Crippen LogP contribution in [0.25, 0.3) is 11.4 Å². The molecule has 1 N–H and O–H groups in total. The van der Waals surface area contributed by atoms with E-state index in [-0.39, 0.29) is 0 Å². The number of hydrogen-bond acceptors (Lipinski definition) is 4. The van der Waals surface area contributed by atoms with Gasteiger partial charge in [-0.15, -0.1) is 0 Å². The fourth-order valence-corrected chi connectivity index (χ4v) is 1.80. The lowest BCUT2D eigenvalue weighted by Crippen LogP contribution is -1.83. The highest BCUT2D eigenvalue weighted by Gasteiger charge is 2.00. The van der Waals surface area contributed by atoms with Crippen LogP contribution >= 0.6 is 23.8 Å². The highest BCUT2D eigenvalue weighted by Crippen LogP contribution is 2.19. The summed E-state index contributed by atoms with van der Waals surface area (Å²) in [6.45, 7) is 0. The van der Waals surface area contributed by atoms with Gasteiger partial charge < -0.3 is 4.74 Å². The Hall–Kier alpha value is -1.20. The van der Waals surface area contributed by atoms with Gasteiger partial charge in [0.15, 0.2) is 3.95 Å². The van der Waals surface area contributed by atoms with Gasteiger partial charge in [-0.1, -0.05) is 0 Å². The van der Waals surface area contributed by atoms with E-state index in [4.69, 9.17) is 17.0 Å². The SMILES string of the molecule is COc1ccc(-c2nc(=S)s[nH]2)cc1. The quantitative estimate of drug-likeness (QED) is 0.797. The van der Waals surface area contributed by atoms with Gasteiger partial charge in [-0.25, -0.2) is 4.98 Å². The van der Waals surface area contributed by atoms with E-state index in [0.29, 0.717) is 3.95 Å². The molecule has 1 aromatic carbocycles. The van der Waals surface area contributed by atoms with Crippen molar-refractivity contribution in [3.63, 3.8) is 0 Å². The molecule has 0 aliphatic rings. The summed E-state index contributed by atoms with van der Waals surface area (Å²) in [5.74, 6) is 1.64. The van der Waals surface area contributed by atoms with Gasteiger partial charge in [-0.2, -0.15) is 0 Å². The van der Waals surface area contributed by atoms with Crippen molar-refractivity contribution < 1.29 is 4.74 Å². The fraction of sp³-hybridized carbons (Fsp3) is 0.111. The zero-order valence-corrected chi connectivity index (χ0v) is 9.11. The van der Waals surface area contributed by atoms with Crippen LogP contribution in [0.2, 0.25) is 0 Å². The van der Waals surface area contributed by atoms with Crippen molar-refractivity contribution in [2.24, 2.45) is 0 Å². The first-order valence-electron chi connectivity index (χ1n) is 3.99. The van der Waals surface area contributed by atoms with Gasteiger partial charge in [-0.3, -0.25) is 4.37 Å². The van der Waals surface area contributed by atoms with Crippen LogP contribution in [0.4, 0.5) is 0 Å². The summed E-state index contributed by atoms with van der Waals surface area (Å²) in [5, 5.41) is 0. The second-order valence-corrected chi connectivity index (χ2v) is 4.10. The highest BCUT2D eigenvalue weighted by molar-refractivity contribution is 7.73. The van der Waals surface area contributed by atoms with Crippen LogP contribution in [-0.2, 0) is 0 Å². The predicted molar refractivity (Wildman–Crippen MR) is 59.3 cm³/mol. The number of nitrogens with zero attached hydrogens (tertiary/aromatic N) is 1. The van der Waals surface area contributed by atoms with Crippen molar-refractivity contribution >= 4 is 23.8 Å². The fourth-order valence-electron chi connectivity index (χ4n) is 1.10. The Morgan fingerprint density at radius 1 is 1.36 bits per heavy atom. The number of hydrogen-bond donors (Lipinski definition) is 1. The van der Waals surface area contributed by atoms with Crippen molar-refractivity contribution in [3.05, 3.63) is 28.2 Å². The molecule has 0 fully saturated rings. The lowest BCUT2D eigenvalue weighted by Gasteiger charge is -1.99. The molecule has 0 atom stereocenters. The number of methoxy groups -OCH3 is 1. The van der Waals surface area contributed by atoms with E-state index in [2.05, 4.69) is 9.36 Å². The van der Waals surface area contributed by atoms with Crippen molar-refractivity contribution in [1.82, 2.24) is 9.36 Å². The van der Waals surface area contributed by atoms with E-state index in [1.54, 1.807) is 7.11 Å². The van der Waals surface area contributed by atoms with Gasteiger partial charge in [0.05, 0.1) is 7.11 Å². The smallest absolute Gasteiger partial charge is 0.198 e. The van der Waals surface area contributed by atoms with Crippen molar-refractivity contribution in [1.29, 1.82) is 0 Å². The minimum absolute atomic E-state index is 0.621. The van der Waals surface area contributed by atoms with Gasteiger partial charge in [0.2, 0.25) is 0 Å². The normalized spacial score (nSPS) is 10.1. The first-order valence-corrected chi connectivity index (χ1v) is 5.22. The van der Waals surface area contributed by atoms with E-state index in [1.165, 1.54) is 11.5 Å². The molecule has 2 rings (SSSR count). The molecule has 0 saturated heterocycles. The van der Waals surface area contributed by atoms with Crippen LogP contribution in [0, 0.1) is 3.95 Å². The number of rotatable bonds is 2. The van der Waals surface area contributed by atoms with E-state index in [1.807, 2.05) is 24.3 Å². The molecule has 5 heteroatoms. The van der Waals surface area contributed by atoms with Crippen LogP contribution in [0.15, 0.2) is 24.3 Å². The topological polar surface area (TPSA) is 37.9 Å². The summed E-state index contributed by atoms with van der Waals surface area (Å²) in [4.78, 5) is 4.17. The molecular formula is C9H8N2OS2. The van der Waals surface area contributed by atoms with Crippen molar-refractivity contribution in [2.45, 2.75) is 0 Å². The molecule has 72 valence electrons. The third-order valence-corrected chi connectivity index (χ3v) is 2.70. The molecule has 0 amide bonds. The van der Waals surface area contributed by atoms with E-state index >= 15 is 0 Å². The Labute approximate surface area is 90.5 Å². The number of benzene rings is 1. The summed E-state index contributed by atoms with van der Waals surface area (Å²) in [5.41, 5.74) is 1.01. The molecule has 0 aliphatic carbocycles. The van der Waals surface area contributed by atoms with Gasteiger partial charge in [0.1, 0.15) is 11.6 Å². The summed E-state index contributed by atoms with van der Waals surface area (Å²) in [6, 6.07) is 7.68. The summed E-state index contributed by atoms with van der Waals surface area (Å²) in [6.07, 6.45) is 0. The summed E-state index contributed by atoms with van der Waals surface area (Å²) in [7, 11) is 1.64. The Kier molecular flexibility index (Phi) is 2.60. The summed E-state index contributed by atoms with van der Waals surface area (Å²) < 4.78 is 8.73. The van der Waals surface area contributed by atoms with Gasteiger partial charge in [0.25, 0.3) is 0 Å². The standard InChI is InChI=1S/C9H8N2OS2/c1-12-7-4-2-6(3-5-7)8-10-9(13)14-11-8/h2-5H,1H3,(H,10,11,13). The molecular weight excluding hydrogens is 216 g/mol. The first kappa shape index (κ1) is 9.36. The Bertz CT molecular complexity index is 472. The minimum Gasteiger partial charge on any atom is -0.497 e. The maximum atomic E-state index is 5.06. The Balaban J connectivity index is 2.38. The molecule has 0 spiro atoms. The molecule has 0 bridgehead atoms. The minimum atomic E-state index is 0.621. The van der Waals surface area contributed by atoms with E-state index in [0.717, 1.165) is 17.1 Å². The number of H-pyrrole nitrogens is 1. The predicted octanol–water partition coefficient (Wildman–Crippen LogP) is 2.88.